The molecule has 0 spiro atoms. The van der Waals surface area contributed by atoms with E-state index in [9.17, 15) is 13.2 Å². The van der Waals surface area contributed by atoms with Crippen molar-refractivity contribution in [3.63, 3.8) is 0 Å². The Hall–Kier alpha value is -2.38. The smallest absolute Gasteiger partial charge is 0.255 e. The molecule has 2 aromatic rings. The normalized spacial score (nSPS) is 23.0. The Labute approximate surface area is 197 Å². The van der Waals surface area contributed by atoms with Crippen LogP contribution in [-0.2, 0) is 10.0 Å². The standard InChI is InChI=1S/C26H34N2O4S/c1-17(2)16-32-23-10-6-20(7-11-23)26(29)27-22-8-12-24(13-9-22)33(30,31)28-18(3)25-15-19-4-5-21(25)14-19/h6-13,17-19,21,25,28H,4-5,14-16H2,1-3H3,(H,27,29)/t18-,19+,21+,25+/m1/s1. The van der Waals surface area contributed by atoms with Crippen molar-refractivity contribution in [2.45, 2.75) is 57.4 Å². The number of carbonyl (C=O) groups is 1. The minimum absolute atomic E-state index is 0.0721. The Morgan fingerprint density at radius 2 is 1.70 bits per heavy atom. The fourth-order valence-corrected chi connectivity index (χ4v) is 6.49. The number of fused-ring (bicyclic) bond motifs is 2. The fourth-order valence-electron chi connectivity index (χ4n) is 5.19. The first-order valence-electron chi connectivity index (χ1n) is 11.9. The molecule has 7 heteroatoms. The van der Waals surface area contributed by atoms with Crippen molar-refractivity contribution >= 4 is 21.6 Å². The monoisotopic (exact) mass is 470 g/mol. The highest BCUT2D eigenvalue weighted by atomic mass is 32.2. The molecule has 4 atom stereocenters. The van der Waals surface area contributed by atoms with Gasteiger partial charge in [0, 0.05) is 17.3 Å². The quantitative estimate of drug-likeness (QED) is 0.535. The van der Waals surface area contributed by atoms with Crippen LogP contribution in [0.15, 0.2) is 53.4 Å². The molecule has 2 aliphatic carbocycles. The van der Waals surface area contributed by atoms with Crippen LogP contribution < -0.4 is 14.8 Å². The molecule has 2 saturated carbocycles. The van der Waals surface area contributed by atoms with Gasteiger partial charge in [0.2, 0.25) is 10.0 Å². The van der Waals surface area contributed by atoms with Crippen LogP contribution in [0.4, 0.5) is 5.69 Å². The van der Waals surface area contributed by atoms with Crippen LogP contribution in [0, 0.1) is 23.7 Å². The van der Waals surface area contributed by atoms with Crippen LogP contribution in [-0.4, -0.2) is 27.0 Å². The number of ether oxygens (including phenoxy) is 1. The SMILES string of the molecule is CC(C)COc1ccc(C(=O)Nc2ccc(S(=O)(=O)N[C@H](C)[C@@H]3C[C@H]4CC[C@H]3C4)cc2)cc1. The van der Waals surface area contributed by atoms with Crippen molar-refractivity contribution in [2.75, 3.05) is 11.9 Å². The van der Waals surface area contributed by atoms with Crippen molar-refractivity contribution in [2.24, 2.45) is 23.7 Å². The van der Waals surface area contributed by atoms with Crippen molar-refractivity contribution in [1.29, 1.82) is 0 Å². The first-order chi connectivity index (χ1) is 15.7. The third-order valence-corrected chi connectivity index (χ3v) is 8.47. The van der Waals surface area contributed by atoms with Crippen molar-refractivity contribution in [3.8, 4) is 5.75 Å². The lowest BCUT2D eigenvalue weighted by Gasteiger charge is -2.28. The molecule has 0 unspecified atom stereocenters. The summed E-state index contributed by atoms with van der Waals surface area (Å²) in [5, 5.41) is 2.82. The lowest BCUT2D eigenvalue weighted by Crippen LogP contribution is -2.40. The molecule has 4 rings (SSSR count). The van der Waals surface area contributed by atoms with Gasteiger partial charge in [-0.3, -0.25) is 4.79 Å². The molecule has 0 aliphatic heterocycles. The summed E-state index contributed by atoms with van der Waals surface area (Å²) in [5.41, 5.74) is 1.05. The lowest BCUT2D eigenvalue weighted by atomic mass is 9.84. The predicted octanol–water partition coefficient (Wildman–Crippen LogP) is 5.08. The van der Waals surface area contributed by atoms with Crippen LogP contribution in [0.2, 0.25) is 0 Å². The van der Waals surface area contributed by atoms with Gasteiger partial charge < -0.3 is 10.1 Å². The summed E-state index contributed by atoms with van der Waals surface area (Å²) >= 11 is 0. The van der Waals surface area contributed by atoms with Crippen molar-refractivity contribution in [3.05, 3.63) is 54.1 Å². The Kier molecular flexibility index (Phi) is 7.10. The molecule has 2 fully saturated rings. The zero-order valence-electron chi connectivity index (χ0n) is 19.6. The molecule has 6 nitrogen and oxygen atoms in total. The summed E-state index contributed by atoms with van der Waals surface area (Å²) in [4.78, 5) is 12.8. The second kappa shape index (κ2) is 9.85. The summed E-state index contributed by atoms with van der Waals surface area (Å²) in [7, 11) is -3.60. The number of hydrogen-bond donors (Lipinski definition) is 2. The average Bonchev–Trinajstić information content (AvgIpc) is 3.42. The van der Waals surface area contributed by atoms with Gasteiger partial charge >= 0.3 is 0 Å². The van der Waals surface area contributed by atoms with Crippen LogP contribution in [0.25, 0.3) is 0 Å². The highest BCUT2D eigenvalue weighted by molar-refractivity contribution is 7.89. The van der Waals surface area contributed by atoms with E-state index in [1.165, 1.54) is 31.4 Å². The zero-order valence-corrected chi connectivity index (χ0v) is 20.4. The molecular weight excluding hydrogens is 436 g/mol. The van der Waals surface area contributed by atoms with Gasteiger partial charge in [-0.25, -0.2) is 13.1 Å². The number of nitrogens with one attached hydrogen (secondary N) is 2. The summed E-state index contributed by atoms with van der Waals surface area (Å²) in [5.74, 6) is 2.75. The van der Waals surface area contributed by atoms with Crippen LogP contribution in [0.3, 0.4) is 0 Å². The summed E-state index contributed by atoms with van der Waals surface area (Å²) in [6.45, 7) is 6.76. The van der Waals surface area contributed by atoms with E-state index in [0.717, 1.165) is 18.1 Å². The molecular formula is C26H34N2O4S. The maximum Gasteiger partial charge on any atom is 0.255 e. The van der Waals surface area contributed by atoms with Crippen LogP contribution >= 0.6 is 0 Å². The Balaban J connectivity index is 1.34. The second-order valence-corrected chi connectivity index (χ2v) is 11.7. The largest absolute Gasteiger partial charge is 0.493 e. The molecule has 2 N–H and O–H groups in total. The third-order valence-electron chi connectivity index (χ3n) is 6.90. The molecule has 2 bridgehead atoms. The second-order valence-electron chi connectivity index (χ2n) is 9.96. The van der Waals surface area contributed by atoms with Gasteiger partial charge in [0.25, 0.3) is 5.91 Å². The van der Waals surface area contributed by atoms with E-state index in [0.29, 0.717) is 35.6 Å². The molecule has 2 aromatic carbocycles. The van der Waals surface area contributed by atoms with E-state index in [2.05, 4.69) is 23.9 Å². The number of amides is 1. The molecule has 0 radical (unpaired) electrons. The first-order valence-corrected chi connectivity index (χ1v) is 13.4. The number of benzene rings is 2. The minimum Gasteiger partial charge on any atom is -0.493 e. The van der Waals surface area contributed by atoms with E-state index in [-0.39, 0.29) is 16.8 Å². The van der Waals surface area contributed by atoms with Crippen molar-refractivity contribution in [1.82, 2.24) is 4.72 Å². The third kappa shape index (κ3) is 5.76. The van der Waals surface area contributed by atoms with E-state index < -0.39 is 10.0 Å². The summed E-state index contributed by atoms with van der Waals surface area (Å²) in [6.07, 6.45) is 4.90. The summed E-state index contributed by atoms with van der Waals surface area (Å²) in [6, 6.07) is 13.2. The van der Waals surface area contributed by atoms with E-state index >= 15 is 0 Å². The minimum atomic E-state index is -3.60. The number of sulfonamides is 1. The Bertz CT molecular complexity index is 1060. The van der Waals surface area contributed by atoms with Gasteiger partial charge in [-0.1, -0.05) is 20.3 Å². The maximum absolute atomic E-state index is 12.9. The molecule has 178 valence electrons. The molecule has 33 heavy (non-hydrogen) atoms. The Morgan fingerprint density at radius 3 is 2.27 bits per heavy atom. The molecule has 1 amide bonds. The number of anilines is 1. The molecule has 0 aromatic heterocycles. The van der Waals surface area contributed by atoms with E-state index in [1.54, 1.807) is 36.4 Å². The number of hydrogen-bond acceptors (Lipinski definition) is 4. The number of rotatable bonds is 9. The highest BCUT2D eigenvalue weighted by Crippen LogP contribution is 2.49. The lowest BCUT2D eigenvalue weighted by molar-refractivity contribution is 0.102. The number of carbonyl (C=O) groups excluding carboxylic acids is 1. The maximum atomic E-state index is 12.9. The summed E-state index contributed by atoms with van der Waals surface area (Å²) < 4.78 is 34.3. The molecule has 0 heterocycles. The van der Waals surface area contributed by atoms with Gasteiger partial charge in [-0.2, -0.15) is 0 Å². The topological polar surface area (TPSA) is 84.5 Å². The van der Waals surface area contributed by atoms with E-state index in [1.807, 2.05) is 6.92 Å². The van der Waals surface area contributed by atoms with Gasteiger partial charge in [0.15, 0.2) is 0 Å². The predicted molar refractivity (Wildman–Crippen MR) is 130 cm³/mol. The first kappa shape index (κ1) is 23.8. The van der Waals surface area contributed by atoms with Crippen LogP contribution in [0.1, 0.15) is 56.8 Å². The fraction of sp³-hybridized carbons (Fsp3) is 0.500. The highest BCUT2D eigenvalue weighted by Gasteiger charge is 2.42. The molecule has 0 saturated heterocycles. The Morgan fingerprint density at radius 1 is 1.00 bits per heavy atom. The average molecular weight is 471 g/mol. The van der Waals surface area contributed by atoms with Gasteiger partial charge in [-0.05, 0) is 98.4 Å². The van der Waals surface area contributed by atoms with Crippen molar-refractivity contribution < 1.29 is 17.9 Å². The van der Waals surface area contributed by atoms with Crippen LogP contribution in [0.5, 0.6) is 5.75 Å². The van der Waals surface area contributed by atoms with Gasteiger partial charge in [0.05, 0.1) is 11.5 Å². The van der Waals surface area contributed by atoms with Gasteiger partial charge in [0.1, 0.15) is 5.75 Å². The zero-order chi connectivity index (χ0) is 23.6. The molecule has 2 aliphatic rings. The van der Waals surface area contributed by atoms with Gasteiger partial charge in [-0.15, -0.1) is 0 Å². The van der Waals surface area contributed by atoms with E-state index in [4.69, 9.17) is 4.74 Å².